The van der Waals surface area contributed by atoms with Gasteiger partial charge in [0.1, 0.15) is 0 Å². The average Bonchev–Trinajstić information content (AvgIpc) is 2.44. The van der Waals surface area contributed by atoms with Gasteiger partial charge in [0.2, 0.25) is 5.91 Å². The number of rotatable bonds is 5. The third-order valence-electron chi connectivity index (χ3n) is 3.54. The van der Waals surface area contributed by atoms with Gasteiger partial charge in [-0.1, -0.05) is 6.92 Å². The molecular formula is C13H27N3O. The molecule has 0 bridgehead atoms. The Kier molecular flexibility index (Phi) is 5.40. The summed E-state index contributed by atoms with van der Waals surface area (Å²) in [6.45, 7) is 9.44. The summed E-state index contributed by atoms with van der Waals surface area (Å²) in [7, 11) is 0. The molecule has 3 N–H and O–H groups in total. The Morgan fingerprint density at radius 3 is 2.71 bits per heavy atom. The van der Waals surface area contributed by atoms with Gasteiger partial charge >= 0.3 is 0 Å². The molecule has 1 aliphatic rings. The lowest BCUT2D eigenvalue weighted by Crippen LogP contribution is -2.54. The number of carbonyl (C=O) groups excluding carboxylic acids is 1. The van der Waals surface area contributed by atoms with E-state index in [0.717, 1.165) is 19.4 Å². The van der Waals surface area contributed by atoms with Crippen molar-refractivity contribution in [3.05, 3.63) is 0 Å². The minimum Gasteiger partial charge on any atom is -0.368 e. The molecule has 1 atom stereocenters. The van der Waals surface area contributed by atoms with E-state index < -0.39 is 5.54 Å². The number of carbonyl (C=O) groups is 1. The number of hydrogen-bond acceptors (Lipinski definition) is 3. The van der Waals surface area contributed by atoms with Gasteiger partial charge in [-0.25, -0.2) is 0 Å². The average molecular weight is 241 g/mol. The SMILES string of the molecule is CCCN1CCCC(NC(C)(C)C(N)=O)CC1. The van der Waals surface area contributed by atoms with E-state index >= 15 is 0 Å². The quantitative estimate of drug-likeness (QED) is 0.758. The molecule has 0 radical (unpaired) electrons. The molecule has 1 amide bonds. The second-order valence-electron chi connectivity index (χ2n) is 5.60. The Morgan fingerprint density at radius 1 is 1.41 bits per heavy atom. The van der Waals surface area contributed by atoms with E-state index in [-0.39, 0.29) is 5.91 Å². The van der Waals surface area contributed by atoms with Crippen LogP contribution in [-0.4, -0.2) is 42.0 Å². The fourth-order valence-electron chi connectivity index (χ4n) is 2.42. The number of hydrogen-bond donors (Lipinski definition) is 2. The van der Waals surface area contributed by atoms with Gasteiger partial charge in [0.05, 0.1) is 5.54 Å². The van der Waals surface area contributed by atoms with Gasteiger partial charge < -0.3 is 16.0 Å². The second kappa shape index (κ2) is 6.36. The molecule has 1 aliphatic heterocycles. The zero-order valence-corrected chi connectivity index (χ0v) is 11.5. The summed E-state index contributed by atoms with van der Waals surface area (Å²) in [6, 6.07) is 0.416. The monoisotopic (exact) mass is 241 g/mol. The summed E-state index contributed by atoms with van der Waals surface area (Å²) in [4.78, 5) is 13.8. The number of amides is 1. The molecule has 0 aromatic heterocycles. The lowest BCUT2D eigenvalue weighted by atomic mass is 10.0. The topological polar surface area (TPSA) is 58.4 Å². The highest BCUT2D eigenvalue weighted by atomic mass is 16.1. The third kappa shape index (κ3) is 4.64. The minimum absolute atomic E-state index is 0.271. The van der Waals surface area contributed by atoms with Crippen LogP contribution >= 0.6 is 0 Å². The van der Waals surface area contributed by atoms with E-state index in [2.05, 4.69) is 17.1 Å². The van der Waals surface area contributed by atoms with Crippen molar-refractivity contribution in [2.75, 3.05) is 19.6 Å². The summed E-state index contributed by atoms with van der Waals surface area (Å²) in [5.74, 6) is -0.271. The molecule has 1 rings (SSSR count). The van der Waals surface area contributed by atoms with Crippen molar-refractivity contribution in [1.82, 2.24) is 10.2 Å². The molecule has 100 valence electrons. The smallest absolute Gasteiger partial charge is 0.237 e. The summed E-state index contributed by atoms with van der Waals surface area (Å²) in [5, 5.41) is 3.40. The standard InChI is InChI=1S/C13H27N3O/c1-4-8-16-9-5-6-11(7-10-16)15-13(2,3)12(14)17/h11,15H,4-10H2,1-3H3,(H2,14,17). The fourth-order valence-corrected chi connectivity index (χ4v) is 2.42. The Balaban J connectivity index is 2.44. The molecule has 0 saturated carbocycles. The number of nitrogens with one attached hydrogen (secondary N) is 1. The van der Waals surface area contributed by atoms with Gasteiger partial charge in [-0.2, -0.15) is 0 Å². The van der Waals surface area contributed by atoms with Crippen molar-refractivity contribution in [3.63, 3.8) is 0 Å². The van der Waals surface area contributed by atoms with Crippen molar-refractivity contribution in [3.8, 4) is 0 Å². The Labute approximate surface area is 105 Å². The second-order valence-corrected chi connectivity index (χ2v) is 5.60. The lowest BCUT2D eigenvalue weighted by molar-refractivity contribution is -0.123. The van der Waals surface area contributed by atoms with Crippen molar-refractivity contribution >= 4 is 5.91 Å². The maximum absolute atomic E-state index is 11.3. The van der Waals surface area contributed by atoms with E-state index in [4.69, 9.17) is 5.73 Å². The predicted octanol–water partition coefficient (Wildman–Crippen LogP) is 1.10. The van der Waals surface area contributed by atoms with Gasteiger partial charge in [0.25, 0.3) is 0 Å². The zero-order chi connectivity index (χ0) is 12.9. The van der Waals surface area contributed by atoms with Crippen LogP contribution in [-0.2, 0) is 4.79 Å². The van der Waals surface area contributed by atoms with E-state index in [0.29, 0.717) is 6.04 Å². The molecule has 0 spiro atoms. The van der Waals surface area contributed by atoms with Crippen LogP contribution in [0.15, 0.2) is 0 Å². The highest BCUT2D eigenvalue weighted by molar-refractivity contribution is 5.83. The van der Waals surface area contributed by atoms with Gasteiger partial charge in [-0.3, -0.25) is 4.79 Å². The first-order chi connectivity index (χ1) is 7.95. The van der Waals surface area contributed by atoms with Gasteiger partial charge in [-0.05, 0) is 59.2 Å². The molecule has 4 heteroatoms. The Bertz CT molecular complexity index is 253. The van der Waals surface area contributed by atoms with Crippen LogP contribution in [0, 0.1) is 0 Å². The summed E-state index contributed by atoms with van der Waals surface area (Å²) >= 11 is 0. The van der Waals surface area contributed by atoms with Crippen molar-refractivity contribution < 1.29 is 4.79 Å². The highest BCUT2D eigenvalue weighted by Gasteiger charge is 2.28. The maximum Gasteiger partial charge on any atom is 0.237 e. The molecule has 0 aromatic carbocycles. The number of primary amides is 1. The zero-order valence-electron chi connectivity index (χ0n) is 11.5. The number of nitrogens with two attached hydrogens (primary N) is 1. The molecule has 1 fully saturated rings. The molecule has 1 unspecified atom stereocenters. The normalized spacial score (nSPS) is 23.4. The van der Waals surface area contributed by atoms with E-state index in [1.165, 1.54) is 25.9 Å². The number of nitrogens with zero attached hydrogens (tertiary/aromatic N) is 1. The molecule has 1 heterocycles. The van der Waals surface area contributed by atoms with Crippen LogP contribution in [0.3, 0.4) is 0 Å². The third-order valence-corrected chi connectivity index (χ3v) is 3.54. The van der Waals surface area contributed by atoms with Crippen molar-refractivity contribution in [2.45, 2.75) is 58.0 Å². The van der Waals surface area contributed by atoms with Gasteiger partial charge in [0.15, 0.2) is 0 Å². The van der Waals surface area contributed by atoms with Crippen molar-refractivity contribution in [1.29, 1.82) is 0 Å². The lowest BCUT2D eigenvalue weighted by Gasteiger charge is -2.28. The first-order valence-electron chi connectivity index (χ1n) is 6.75. The van der Waals surface area contributed by atoms with E-state index in [1.807, 2.05) is 13.8 Å². The number of likely N-dealkylation sites (tertiary alicyclic amines) is 1. The summed E-state index contributed by atoms with van der Waals surface area (Å²) in [5.41, 5.74) is 4.80. The van der Waals surface area contributed by atoms with Gasteiger partial charge in [0, 0.05) is 6.04 Å². The maximum atomic E-state index is 11.3. The Hall–Kier alpha value is -0.610. The summed E-state index contributed by atoms with van der Waals surface area (Å²) in [6.07, 6.45) is 4.66. The molecule has 17 heavy (non-hydrogen) atoms. The van der Waals surface area contributed by atoms with Crippen LogP contribution in [0.25, 0.3) is 0 Å². The minimum atomic E-state index is -0.593. The molecular weight excluding hydrogens is 214 g/mol. The van der Waals surface area contributed by atoms with Crippen LogP contribution in [0.5, 0.6) is 0 Å². The van der Waals surface area contributed by atoms with Gasteiger partial charge in [-0.15, -0.1) is 0 Å². The predicted molar refractivity (Wildman–Crippen MR) is 70.8 cm³/mol. The van der Waals surface area contributed by atoms with E-state index in [1.54, 1.807) is 0 Å². The van der Waals surface area contributed by atoms with Crippen LogP contribution in [0.2, 0.25) is 0 Å². The highest BCUT2D eigenvalue weighted by Crippen LogP contribution is 2.14. The molecule has 4 nitrogen and oxygen atoms in total. The first-order valence-corrected chi connectivity index (χ1v) is 6.75. The van der Waals surface area contributed by atoms with Crippen molar-refractivity contribution in [2.24, 2.45) is 5.73 Å². The molecule has 1 saturated heterocycles. The molecule has 0 aliphatic carbocycles. The largest absolute Gasteiger partial charge is 0.368 e. The first kappa shape index (κ1) is 14.5. The van der Waals surface area contributed by atoms with Crippen LogP contribution < -0.4 is 11.1 Å². The fraction of sp³-hybridized carbons (Fsp3) is 0.923. The molecule has 0 aromatic rings. The van der Waals surface area contributed by atoms with E-state index in [9.17, 15) is 4.79 Å². The summed E-state index contributed by atoms with van der Waals surface area (Å²) < 4.78 is 0. The Morgan fingerprint density at radius 2 is 2.12 bits per heavy atom. The van der Waals surface area contributed by atoms with Crippen LogP contribution in [0.4, 0.5) is 0 Å². The van der Waals surface area contributed by atoms with Crippen LogP contribution in [0.1, 0.15) is 46.5 Å².